The lowest BCUT2D eigenvalue weighted by Gasteiger charge is -2.11. The van der Waals surface area contributed by atoms with Gasteiger partial charge in [-0.05, 0) is 58.2 Å². The molecule has 0 spiro atoms. The molecule has 0 amide bonds. The molecule has 0 atom stereocenters. The summed E-state index contributed by atoms with van der Waals surface area (Å²) in [6, 6.07) is 9.49. The van der Waals surface area contributed by atoms with Crippen LogP contribution in [-0.2, 0) is 6.54 Å². The summed E-state index contributed by atoms with van der Waals surface area (Å²) in [6.45, 7) is 2.57. The molecule has 0 bridgehead atoms. The fourth-order valence-corrected chi connectivity index (χ4v) is 2.46. The van der Waals surface area contributed by atoms with Gasteiger partial charge < -0.3 is 15.2 Å². The Kier molecular flexibility index (Phi) is 4.78. The van der Waals surface area contributed by atoms with Crippen LogP contribution >= 0.6 is 27.5 Å². The number of aryl methyl sites for hydroxylation is 1. The van der Waals surface area contributed by atoms with E-state index in [-0.39, 0.29) is 5.75 Å². The van der Waals surface area contributed by atoms with Gasteiger partial charge in [0.25, 0.3) is 0 Å². The summed E-state index contributed by atoms with van der Waals surface area (Å²) >= 11 is 9.39. The number of methoxy groups -OCH3 is 1. The van der Waals surface area contributed by atoms with Gasteiger partial charge in [0.2, 0.25) is 0 Å². The molecule has 2 aromatic carbocycles. The number of aromatic hydroxyl groups is 1. The maximum absolute atomic E-state index is 9.76. The molecule has 5 heteroatoms. The lowest BCUT2D eigenvalue weighted by Crippen LogP contribution is -2.00. The fourth-order valence-electron chi connectivity index (χ4n) is 1.79. The lowest BCUT2D eigenvalue weighted by molar-refractivity contribution is 0.371. The molecule has 0 saturated heterocycles. The van der Waals surface area contributed by atoms with Gasteiger partial charge in [-0.25, -0.2) is 0 Å². The first-order chi connectivity index (χ1) is 9.51. The molecule has 3 nitrogen and oxygen atoms in total. The second-order valence-corrected chi connectivity index (χ2v) is 5.71. The van der Waals surface area contributed by atoms with Gasteiger partial charge >= 0.3 is 0 Å². The van der Waals surface area contributed by atoms with Crippen LogP contribution in [0.4, 0.5) is 5.69 Å². The standard InChI is InChI=1S/C15H15BrClNO2/c1-9-3-4-11(7-13(9)17)18-8-10-5-12(16)15(19)14(6-10)20-2/h3-7,18-19H,8H2,1-2H3. The van der Waals surface area contributed by atoms with E-state index in [0.717, 1.165) is 21.8 Å². The average Bonchev–Trinajstić information content (AvgIpc) is 2.43. The summed E-state index contributed by atoms with van der Waals surface area (Å²) in [5, 5.41) is 13.8. The van der Waals surface area contributed by atoms with Crippen LogP contribution in [0.2, 0.25) is 5.02 Å². The smallest absolute Gasteiger partial charge is 0.172 e. The number of benzene rings is 2. The predicted octanol–water partition coefficient (Wildman–Crippen LogP) is 4.74. The highest BCUT2D eigenvalue weighted by Gasteiger charge is 2.08. The Labute approximate surface area is 131 Å². The molecule has 0 aliphatic carbocycles. The van der Waals surface area contributed by atoms with Crippen LogP contribution in [0.1, 0.15) is 11.1 Å². The number of phenols is 1. The van der Waals surface area contributed by atoms with Crippen molar-refractivity contribution < 1.29 is 9.84 Å². The van der Waals surface area contributed by atoms with E-state index in [2.05, 4.69) is 21.2 Å². The van der Waals surface area contributed by atoms with Crippen LogP contribution in [0.5, 0.6) is 11.5 Å². The first kappa shape index (κ1) is 15.0. The Hall–Kier alpha value is -1.39. The Balaban J connectivity index is 2.14. The molecule has 0 fully saturated rings. The number of hydrogen-bond donors (Lipinski definition) is 2. The number of halogens is 2. The van der Waals surface area contributed by atoms with Gasteiger partial charge in [-0.15, -0.1) is 0 Å². The van der Waals surface area contributed by atoms with Crippen LogP contribution in [-0.4, -0.2) is 12.2 Å². The van der Waals surface area contributed by atoms with Crippen molar-refractivity contribution in [1.82, 2.24) is 0 Å². The summed E-state index contributed by atoms with van der Waals surface area (Å²) in [5.41, 5.74) is 2.98. The number of phenolic OH excluding ortho intramolecular Hbond substituents is 1. The third-order valence-corrected chi connectivity index (χ3v) is 3.99. The van der Waals surface area contributed by atoms with E-state index in [4.69, 9.17) is 16.3 Å². The number of hydrogen-bond acceptors (Lipinski definition) is 3. The Morgan fingerprint density at radius 1 is 1.30 bits per heavy atom. The summed E-state index contributed by atoms with van der Waals surface area (Å²) in [6.07, 6.45) is 0. The molecule has 0 saturated carbocycles. The number of nitrogens with one attached hydrogen (secondary N) is 1. The van der Waals surface area contributed by atoms with E-state index in [1.807, 2.05) is 31.2 Å². The second kappa shape index (κ2) is 6.37. The highest BCUT2D eigenvalue weighted by atomic mass is 79.9. The van der Waals surface area contributed by atoms with E-state index in [1.54, 1.807) is 6.07 Å². The largest absolute Gasteiger partial charge is 0.503 e. The monoisotopic (exact) mass is 355 g/mol. The quantitative estimate of drug-likeness (QED) is 0.831. The van der Waals surface area contributed by atoms with Crippen LogP contribution in [0.25, 0.3) is 0 Å². The highest BCUT2D eigenvalue weighted by Crippen LogP contribution is 2.35. The number of rotatable bonds is 4. The van der Waals surface area contributed by atoms with E-state index < -0.39 is 0 Å². The third kappa shape index (κ3) is 3.38. The molecule has 2 rings (SSSR count). The van der Waals surface area contributed by atoms with Crippen molar-refractivity contribution in [2.24, 2.45) is 0 Å². The summed E-state index contributed by atoms with van der Waals surface area (Å²) < 4.78 is 5.73. The number of ether oxygens (including phenoxy) is 1. The van der Waals surface area contributed by atoms with Crippen LogP contribution in [0.15, 0.2) is 34.8 Å². The first-order valence-corrected chi connectivity index (χ1v) is 7.23. The minimum Gasteiger partial charge on any atom is -0.503 e. The minimum atomic E-state index is 0.106. The molecule has 2 N–H and O–H groups in total. The molecule has 0 aromatic heterocycles. The van der Waals surface area contributed by atoms with Crippen molar-refractivity contribution in [3.05, 3.63) is 51.0 Å². The summed E-state index contributed by atoms with van der Waals surface area (Å²) in [4.78, 5) is 0. The Morgan fingerprint density at radius 3 is 2.70 bits per heavy atom. The van der Waals surface area contributed by atoms with Gasteiger partial charge in [0.1, 0.15) is 0 Å². The van der Waals surface area contributed by atoms with Crippen LogP contribution in [0, 0.1) is 6.92 Å². The zero-order valence-corrected chi connectivity index (χ0v) is 13.5. The topological polar surface area (TPSA) is 41.5 Å². The second-order valence-electron chi connectivity index (χ2n) is 4.45. The van der Waals surface area contributed by atoms with Crippen molar-refractivity contribution in [2.75, 3.05) is 12.4 Å². The molecule has 106 valence electrons. The molecule has 20 heavy (non-hydrogen) atoms. The van der Waals surface area contributed by atoms with Crippen molar-refractivity contribution in [1.29, 1.82) is 0 Å². The van der Waals surface area contributed by atoms with Gasteiger partial charge in [0, 0.05) is 17.3 Å². The SMILES string of the molecule is COc1cc(CNc2ccc(C)c(Cl)c2)cc(Br)c1O. The molecule has 0 radical (unpaired) electrons. The van der Waals surface area contributed by atoms with Gasteiger partial charge in [-0.2, -0.15) is 0 Å². The summed E-state index contributed by atoms with van der Waals surface area (Å²) in [5.74, 6) is 0.549. The maximum Gasteiger partial charge on any atom is 0.172 e. The molecular formula is C15H15BrClNO2. The van der Waals surface area contributed by atoms with Crippen molar-refractivity contribution >= 4 is 33.2 Å². The van der Waals surface area contributed by atoms with E-state index in [9.17, 15) is 5.11 Å². The number of anilines is 1. The van der Waals surface area contributed by atoms with Crippen molar-refractivity contribution in [3.63, 3.8) is 0 Å². The zero-order valence-electron chi connectivity index (χ0n) is 11.2. The third-order valence-electron chi connectivity index (χ3n) is 2.98. The highest BCUT2D eigenvalue weighted by molar-refractivity contribution is 9.10. The van der Waals surface area contributed by atoms with E-state index >= 15 is 0 Å². The van der Waals surface area contributed by atoms with Crippen molar-refractivity contribution in [3.8, 4) is 11.5 Å². The normalized spacial score (nSPS) is 10.4. The van der Waals surface area contributed by atoms with Gasteiger partial charge in [0.05, 0.1) is 11.6 Å². The van der Waals surface area contributed by atoms with Crippen LogP contribution < -0.4 is 10.1 Å². The maximum atomic E-state index is 9.76. The molecule has 2 aromatic rings. The molecule has 0 unspecified atom stereocenters. The molecule has 0 heterocycles. The Bertz CT molecular complexity index is 632. The lowest BCUT2D eigenvalue weighted by atomic mass is 10.2. The molecule has 0 aliphatic heterocycles. The molecular weight excluding hydrogens is 342 g/mol. The van der Waals surface area contributed by atoms with Crippen LogP contribution in [0.3, 0.4) is 0 Å². The van der Waals surface area contributed by atoms with Gasteiger partial charge in [0.15, 0.2) is 11.5 Å². The Morgan fingerprint density at radius 2 is 2.05 bits per heavy atom. The van der Waals surface area contributed by atoms with E-state index in [1.165, 1.54) is 7.11 Å². The van der Waals surface area contributed by atoms with E-state index in [0.29, 0.717) is 16.8 Å². The first-order valence-electron chi connectivity index (χ1n) is 6.06. The fraction of sp³-hybridized carbons (Fsp3) is 0.200. The van der Waals surface area contributed by atoms with Gasteiger partial charge in [-0.1, -0.05) is 17.7 Å². The van der Waals surface area contributed by atoms with Crippen molar-refractivity contribution in [2.45, 2.75) is 13.5 Å². The average molecular weight is 357 g/mol. The zero-order chi connectivity index (χ0) is 14.7. The molecule has 0 aliphatic rings. The van der Waals surface area contributed by atoms with Gasteiger partial charge in [-0.3, -0.25) is 0 Å². The minimum absolute atomic E-state index is 0.106. The summed E-state index contributed by atoms with van der Waals surface area (Å²) in [7, 11) is 1.53. The predicted molar refractivity (Wildman–Crippen MR) is 85.9 cm³/mol.